The van der Waals surface area contributed by atoms with E-state index in [9.17, 15) is 4.79 Å². The first-order valence-corrected chi connectivity index (χ1v) is 6.16. The minimum absolute atomic E-state index is 0.216. The van der Waals surface area contributed by atoms with Gasteiger partial charge in [-0.2, -0.15) is 0 Å². The van der Waals surface area contributed by atoms with Crippen LogP contribution < -0.4 is 11.1 Å². The van der Waals surface area contributed by atoms with Crippen LogP contribution in [-0.2, 0) is 0 Å². The molecule has 0 radical (unpaired) electrons. The lowest BCUT2D eigenvalue weighted by Gasteiger charge is -2.09. The summed E-state index contributed by atoms with van der Waals surface area (Å²) in [5.41, 5.74) is 8.84. The van der Waals surface area contributed by atoms with E-state index < -0.39 is 0 Å². The van der Waals surface area contributed by atoms with Gasteiger partial charge in [-0.1, -0.05) is 11.6 Å². The first-order chi connectivity index (χ1) is 8.97. The molecular formula is C14H14ClN3O. The number of nitrogens with two attached hydrogens (primary N) is 1. The van der Waals surface area contributed by atoms with Gasteiger partial charge in [0.1, 0.15) is 0 Å². The Morgan fingerprint density at radius 3 is 2.63 bits per heavy atom. The second kappa shape index (κ2) is 5.28. The predicted octanol–water partition coefficient (Wildman–Crippen LogP) is 3.19. The van der Waals surface area contributed by atoms with Crippen LogP contribution in [-0.4, -0.2) is 10.9 Å². The van der Waals surface area contributed by atoms with Crippen molar-refractivity contribution in [3.05, 3.63) is 52.3 Å². The smallest absolute Gasteiger partial charge is 0.257 e. The number of rotatable bonds is 2. The molecule has 1 aromatic carbocycles. The molecule has 2 rings (SSSR count). The number of nitrogens with one attached hydrogen (secondary N) is 1. The Kier molecular flexibility index (Phi) is 3.71. The monoisotopic (exact) mass is 275 g/mol. The largest absolute Gasteiger partial charge is 0.397 e. The molecule has 0 saturated carbocycles. The average Bonchev–Trinajstić information content (AvgIpc) is 2.33. The zero-order valence-electron chi connectivity index (χ0n) is 10.7. The molecule has 0 aliphatic heterocycles. The van der Waals surface area contributed by atoms with Crippen LogP contribution in [0.25, 0.3) is 0 Å². The maximum Gasteiger partial charge on any atom is 0.257 e. The number of benzene rings is 1. The molecule has 0 aliphatic rings. The second-order valence-electron chi connectivity index (χ2n) is 4.28. The molecular weight excluding hydrogens is 262 g/mol. The van der Waals surface area contributed by atoms with Crippen LogP contribution in [0.15, 0.2) is 30.3 Å². The number of hydrogen-bond acceptors (Lipinski definition) is 3. The minimum Gasteiger partial charge on any atom is -0.397 e. The summed E-state index contributed by atoms with van der Waals surface area (Å²) in [5.74, 6) is -0.216. The number of nitrogens with zero attached hydrogens (tertiary/aromatic N) is 1. The number of halogens is 1. The van der Waals surface area contributed by atoms with Crippen molar-refractivity contribution in [3.63, 3.8) is 0 Å². The standard InChI is InChI=1S/C14H14ClN3O/c1-8-3-5-11(9(2)17-8)14(19)18-10-4-6-12(15)13(16)7-10/h3-7H,16H2,1-2H3,(H,18,19). The lowest BCUT2D eigenvalue weighted by Crippen LogP contribution is -2.14. The van der Waals surface area contributed by atoms with Gasteiger partial charge in [-0.25, -0.2) is 0 Å². The van der Waals surface area contributed by atoms with Gasteiger partial charge in [0, 0.05) is 11.4 Å². The number of pyridine rings is 1. The maximum atomic E-state index is 12.1. The van der Waals surface area contributed by atoms with Crippen molar-refractivity contribution in [1.82, 2.24) is 4.98 Å². The Bertz CT molecular complexity index is 641. The number of aryl methyl sites for hydroxylation is 2. The zero-order valence-corrected chi connectivity index (χ0v) is 11.5. The van der Waals surface area contributed by atoms with Gasteiger partial charge in [-0.05, 0) is 44.2 Å². The van der Waals surface area contributed by atoms with Gasteiger partial charge in [0.15, 0.2) is 0 Å². The normalized spacial score (nSPS) is 10.3. The van der Waals surface area contributed by atoms with Gasteiger partial charge in [0.2, 0.25) is 0 Å². The highest BCUT2D eigenvalue weighted by Gasteiger charge is 2.10. The second-order valence-corrected chi connectivity index (χ2v) is 4.68. The Morgan fingerprint density at radius 2 is 2.00 bits per heavy atom. The fourth-order valence-electron chi connectivity index (χ4n) is 1.75. The van der Waals surface area contributed by atoms with Crippen molar-refractivity contribution in [2.45, 2.75) is 13.8 Å². The van der Waals surface area contributed by atoms with Gasteiger partial charge in [0.25, 0.3) is 5.91 Å². The molecule has 4 nitrogen and oxygen atoms in total. The number of anilines is 2. The third kappa shape index (κ3) is 3.03. The van der Waals surface area contributed by atoms with Crippen LogP contribution in [0.3, 0.4) is 0 Å². The van der Waals surface area contributed by atoms with Crippen molar-refractivity contribution in [1.29, 1.82) is 0 Å². The quantitative estimate of drug-likeness (QED) is 0.827. The molecule has 0 atom stereocenters. The Hall–Kier alpha value is -2.07. The Labute approximate surface area is 116 Å². The van der Waals surface area contributed by atoms with E-state index in [4.69, 9.17) is 17.3 Å². The van der Waals surface area contributed by atoms with Gasteiger partial charge in [-0.15, -0.1) is 0 Å². The molecule has 0 aliphatic carbocycles. The lowest BCUT2D eigenvalue weighted by atomic mass is 10.1. The van der Waals surface area contributed by atoms with E-state index in [2.05, 4.69) is 10.3 Å². The average molecular weight is 276 g/mol. The minimum atomic E-state index is -0.216. The van der Waals surface area contributed by atoms with E-state index in [1.54, 1.807) is 37.3 Å². The van der Waals surface area contributed by atoms with Gasteiger partial charge in [-0.3, -0.25) is 9.78 Å². The van der Waals surface area contributed by atoms with Crippen molar-refractivity contribution in [2.24, 2.45) is 0 Å². The number of aromatic nitrogens is 1. The van der Waals surface area contributed by atoms with Crippen LogP contribution in [0, 0.1) is 13.8 Å². The van der Waals surface area contributed by atoms with Crippen LogP contribution >= 0.6 is 11.6 Å². The fraction of sp³-hybridized carbons (Fsp3) is 0.143. The van der Waals surface area contributed by atoms with Crippen LogP contribution in [0.1, 0.15) is 21.7 Å². The van der Waals surface area contributed by atoms with Gasteiger partial charge in [0.05, 0.1) is 22.0 Å². The van der Waals surface area contributed by atoms with E-state index in [0.29, 0.717) is 27.7 Å². The van der Waals surface area contributed by atoms with Crippen LogP contribution in [0.4, 0.5) is 11.4 Å². The Balaban J connectivity index is 2.23. The summed E-state index contributed by atoms with van der Waals surface area (Å²) in [4.78, 5) is 16.4. The lowest BCUT2D eigenvalue weighted by molar-refractivity contribution is 0.102. The van der Waals surface area contributed by atoms with Gasteiger partial charge >= 0.3 is 0 Å². The summed E-state index contributed by atoms with van der Waals surface area (Å²) in [6, 6.07) is 8.53. The summed E-state index contributed by atoms with van der Waals surface area (Å²) in [7, 11) is 0. The molecule has 3 N–H and O–H groups in total. The van der Waals surface area contributed by atoms with Crippen LogP contribution in [0.2, 0.25) is 5.02 Å². The molecule has 1 aromatic heterocycles. The highest BCUT2D eigenvalue weighted by atomic mass is 35.5. The summed E-state index contributed by atoms with van der Waals surface area (Å²) < 4.78 is 0. The summed E-state index contributed by atoms with van der Waals surface area (Å²) in [6.07, 6.45) is 0. The molecule has 0 fully saturated rings. The molecule has 1 amide bonds. The summed E-state index contributed by atoms with van der Waals surface area (Å²) in [6.45, 7) is 3.69. The van der Waals surface area contributed by atoms with Crippen molar-refractivity contribution in [3.8, 4) is 0 Å². The Morgan fingerprint density at radius 1 is 1.26 bits per heavy atom. The summed E-state index contributed by atoms with van der Waals surface area (Å²) >= 11 is 5.83. The van der Waals surface area contributed by atoms with E-state index in [-0.39, 0.29) is 5.91 Å². The topological polar surface area (TPSA) is 68.0 Å². The molecule has 0 saturated heterocycles. The number of nitrogen functional groups attached to an aromatic ring is 1. The van der Waals surface area contributed by atoms with E-state index in [1.165, 1.54) is 0 Å². The van der Waals surface area contributed by atoms with Crippen molar-refractivity contribution >= 4 is 28.9 Å². The highest BCUT2D eigenvalue weighted by molar-refractivity contribution is 6.33. The third-order valence-electron chi connectivity index (χ3n) is 2.72. The first-order valence-electron chi connectivity index (χ1n) is 5.78. The number of amides is 1. The molecule has 98 valence electrons. The number of carbonyl (C=O) groups is 1. The highest BCUT2D eigenvalue weighted by Crippen LogP contribution is 2.22. The number of carbonyl (C=O) groups excluding carboxylic acids is 1. The first kappa shape index (κ1) is 13.4. The van der Waals surface area contributed by atoms with E-state index in [1.807, 2.05) is 6.92 Å². The third-order valence-corrected chi connectivity index (χ3v) is 3.07. The SMILES string of the molecule is Cc1ccc(C(=O)Nc2ccc(Cl)c(N)c2)c(C)n1. The fourth-order valence-corrected chi connectivity index (χ4v) is 1.86. The molecule has 5 heteroatoms. The number of hydrogen-bond donors (Lipinski definition) is 2. The molecule has 0 unspecified atom stereocenters. The molecule has 1 heterocycles. The predicted molar refractivity (Wildman–Crippen MR) is 77.5 cm³/mol. The van der Waals surface area contributed by atoms with Gasteiger partial charge < -0.3 is 11.1 Å². The van der Waals surface area contributed by atoms with Crippen molar-refractivity contribution < 1.29 is 4.79 Å². The molecule has 2 aromatic rings. The summed E-state index contributed by atoms with van der Waals surface area (Å²) in [5, 5.41) is 3.23. The molecule has 0 spiro atoms. The van der Waals surface area contributed by atoms with E-state index >= 15 is 0 Å². The maximum absolute atomic E-state index is 12.1. The molecule has 0 bridgehead atoms. The van der Waals surface area contributed by atoms with E-state index in [0.717, 1.165) is 5.69 Å². The zero-order chi connectivity index (χ0) is 14.0. The molecule has 19 heavy (non-hydrogen) atoms. The van der Waals surface area contributed by atoms with Crippen molar-refractivity contribution in [2.75, 3.05) is 11.1 Å². The van der Waals surface area contributed by atoms with Crippen LogP contribution in [0.5, 0.6) is 0 Å².